The summed E-state index contributed by atoms with van der Waals surface area (Å²) in [4.78, 5) is 0. The van der Waals surface area contributed by atoms with Gasteiger partial charge in [0.25, 0.3) is 0 Å². The van der Waals surface area contributed by atoms with Gasteiger partial charge in [0, 0.05) is 13.7 Å². The van der Waals surface area contributed by atoms with E-state index in [1.165, 1.54) is 0 Å². The van der Waals surface area contributed by atoms with Crippen LogP contribution in [0.3, 0.4) is 0 Å². The molecule has 92 valence electrons. The minimum absolute atomic E-state index is 0.0263. The van der Waals surface area contributed by atoms with Crippen molar-refractivity contribution in [2.24, 2.45) is 0 Å². The number of thiophene rings is 1. The summed E-state index contributed by atoms with van der Waals surface area (Å²) in [6.07, 6.45) is 0. The Balaban J connectivity index is 2.71. The van der Waals surface area contributed by atoms with Gasteiger partial charge in [0.05, 0.1) is 18.8 Å². The van der Waals surface area contributed by atoms with Crippen LogP contribution in [-0.2, 0) is 16.1 Å². The molecule has 0 amide bonds. The summed E-state index contributed by atoms with van der Waals surface area (Å²) >= 11 is 0.870. The van der Waals surface area contributed by atoms with Crippen molar-refractivity contribution in [2.75, 3.05) is 26.9 Å². The van der Waals surface area contributed by atoms with Crippen molar-refractivity contribution < 1.29 is 24.4 Å². The van der Waals surface area contributed by atoms with E-state index < -0.39 is 0 Å². The van der Waals surface area contributed by atoms with Gasteiger partial charge in [-0.2, -0.15) is 0 Å². The predicted octanol–water partition coefficient (Wildman–Crippen LogP) is 1.72. The fourth-order valence-electron chi connectivity index (χ4n) is 1.13. The zero-order chi connectivity index (χ0) is 12.0. The third-order valence-corrected chi connectivity index (χ3v) is 2.72. The van der Waals surface area contributed by atoms with Crippen LogP contribution in [0.15, 0.2) is 0 Å². The van der Waals surface area contributed by atoms with Gasteiger partial charge in [-0.05, 0) is 6.92 Å². The molecule has 1 aromatic heterocycles. The van der Waals surface area contributed by atoms with Gasteiger partial charge in [-0.1, -0.05) is 11.3 Å². The van der Waals surface area contributed by atoms with Crippen molar-refractivity contribution in [3.05, 3.63) is 5.56 Å². The van der Waals surface area contributed by atoms with Gasteiger partial charge in [0.1, 0.15) is 6.61 Å². The Morgan fingerprint density at radius 2 is 1.94 bits per heavy atom. The van der Waals surface area contributed by atoms with Gasteiger partial charge in [0.15, 0.2) is 10.8 Å². The maximum Gasteiger partial charge on any atom is 0.218 e. The number of ether oxygens (including phenoxy) is 3. The van der Waals surface area contributed by atoms with Crippen LogP contribution in [0, 0.1) is 0 Å². The second-order valence-corrected chi connectivity index (χ2v) is 3.98. The van der Waals surface area contributed by atoms with E-state index in [1.807, 2.05) is 6.92 Å². The molecule has 5 nitrogen and oxygen atoms in total. The molecule has 16 heavy (non-hydrogen) atoms. The quantitative estimate of drug-likeness (QED) is 0.719. The molecule has 6 heteroatoms. The molecule has 1 rings (SSSR count). The smallest absolute Gasteiger partial charge is 0.218 e. The number of aromatic hydroxyl groups is 2. The zero-order valence-corrected chi connectivity index (χ0v) is 10.2. The minimum atomic E-state index is -0.0386. The molecule has 0 atom stereocenters. The molecule has 0 bridgehead atoms. The summed E-state index contributed by atoms with van der Waals surface area (Å²) in [5, 5.41) is 19.1. The summed E-state index contributed by atoms with van der Waals surface area (Å²) in [7, 11) is 1.56. The third-order valence-electron chi connectivity index (χ3n) is 1.90. The first kappa shape index (κ1) is 13.1. The van der Waals surface area contributed by atoms with Crippen LogP contribution < -0.4 is 4.74 Å². The first-order valence-electron chi connectivity index (χ1n) is 4.93. The van der Waals surface area contributed by atoms with Crippen LogP contribution in [0.1, 0.15) is 12.5 Å². The average Bonchev–Trinajstić information content (AvgIpc) is 2.52. The van der Waals surface area contributed by atoms with E-state index in [0.717, 1.165) is 11.3 Å². The molecule has 0 radical (unpaired) electrons. The molecule has 0 unspecified atom stereocenters. The van der Waals surface area contributed by atoms with E-state index in [0.29, 0.717) is 25.4 Å². The highest BCUT2D eigenvalue weighted by molar-refractivity contribution is 7.16. The predicted molar refractivity (Wildman–Crippen MR) is 60.3 cm³/mol. The standard InChI is InChI=1S/C10H16O5S/c1-3-14-6-7-8(15-5-4-13-2)10(12)16-9(7)11/h11-12H,3-6H2,1-2H3. The van der Waals surface area contributed by atoms with E-state index in [2.05, 4.69) is 0 Å². The Kier molecular flexibility index (Phi) is 5.37. The van der Waals surface area contributed by atoms with Crippen molar-refractivity contribution in [3.63, 3.8) is 0 Å². The number of hydrogen-bond donors (Lipinski definition) is 2. The molecular weight excluding hydrogens is 232 g/mol. The first-order valence-corrected chi connectivity index (χ1v) is 5.75. The number of rotatable bonds is 7. The molecule has 2 N–H and O–H groups in total. The van der Waals surface area contributed by atoms with Crippen LogP contribution >= 0.6 is 11.3 Å². The summed E-state index contributed by atoms with van der Waals surface area (Å²) < 4.78 is 15.3. The van der Waals surface area contributed by atoms with Gasteiger partial charge >= 0.3 is 0 Å². The van der Waals surface area contributed by atoms with Crippen LogP contribution in [0.2, 0.25) is 0 Å². The zero-order valence-electron chi connectivity index (χ0n) is 9.36. The van der Waals surface area contributed by atoms with Crippen LogP contribution in [-0.4, -0.2) is 37.1 Å². The maximum absolute atomic E-state index is 9.56. The summed E-state index contributed by atoms with van der Waals surface area (Å²) in [6, 6.07) is 0. The van der Waals surface area contributed by atoms with Gasteiger partial charge in [-0.15, -0.1) is 0 Å². The van der Waals surface area contributed by atoms with Gasteiger partial charge in [-0.3, -0.25) is 0 Å². The third kappa shape index (κ3) is 3.26. The fourth-order valence-corrected chi connectivity index (χ4v) is 1.87. The first-order chi connectivity index (χ1) is 7.70. The Labute approximate surface area is 98.2 Å². The molecule has 0 aliphatic heterocycles. The summed E-state index contributed by atoms with van der Waals surface area (Å²) in [6.45, 7) is 3.35. The molecule has 1 heterocycles. The lowest BCUT2D eigenvalue weighted by atomic mass is 10.3. The van der Waals surface area contributed by atoms with E-state index in [-0.39, 0.29) is 22.5 Å². The summed E-state index contributed by atoms with van der Waals surface area (Å²) in [5.41, 5.74) is 0.487. The van der Waals surface area contributed by atoms with Crippen molar-refractivity contribution >= 4 is 11.3 Å². The lowest BCUT2D eigenvalue weighted by Gasteiger charge is -2.07. The largest absolute Gasteiger partial charge is 0.499 e. The maximum atomic E-state index is 9.56. The molecule has 0 aromatic carbocycles. The topological polar surface area (TPSA) is 68.2 Å². The van der Waals surface area contributed by atoms with E-state index in [9.17, 15) is 10.2 Å². The highest BCUT2D eigenvalue weighted by Crippen LogP contribution is 2.45. The fraction of sp³-hybridized carbons (Fsp3) is 0.600. The van der Waals surface area contributed by atoms with Crippen LogP contribution in [0.4, 0.5) is 0 Å². The van der Waals surface area contributed by atoms with Crippen LogP contribution in [0.5, 0.6) is 15.9 Å². The normalized spacial score (nSPS) is 10.6. The minimum Gasteiger partial charge on any atom is -0.499 e. The summed E-state index contributed by atoms with van der Waals surface area (Å²) in [5.74, 6) is 0.285. The second kappa shape index (κ2) is 6.57. The van der Waals surface area contributed by atoms with Gasteiger partial charge < -0.3 is 24.4 Å². The Hall–Kier alpha value is -0.980. The second-order valence-electron chi connectivity index (χ2n) is 3.00. The van der Waals surface area contributed by atoms with E-state index >= 15 is 0 Å². The Bertz CT molecular complexity index is 323. The lowest BCUT2D eigenvalue weighted by Crippen LogP contribution is -2.05. The molecule has 0 fully saturated rings. The number of hydrogen-bond acceptors (Lipinski definition) is 6. The van der Waals surface area contributed by atoms with Gasteiger partial charge in [-0.25, -0.2) is 0 Å². The van der Waals surface area contributed by atoms with Crippen LogP contribution in [0.25, 0.3) is 0 Å². The van der Waals surface area contributed by atoms with Crippen molar-refractivity contribution in [3.8, 4) is 15.9 Å². The molecule has 0 aliphatic carbocycles. The number of methoxy groups -OCH3 is 1. The molecule has 1 aromatic rings. The van der Waals surface area contributed by atoms with E-state index in [4.69, 9.17) is 14.2 Å². The molecule has 0 saturated heterocycles. The molecule has 0 spiro atoms. The van der Waals surface area contributed by atoms with Gasteiger partial charge in [0.2, 0.25) is 5.06 Å². The van der Waals surface area contributed by atoms with Crippen molar-refractivity contribution in [1.82, 2.24) is 0 Å². The molecular formula is C10H16O5S. The Morgan fingerprint density at radius 3 is 2.56 bits per heavy atom. The van der Waals surface area contributed by atoms with E-state index in [1.54, 1.807) is 7.11 Å². The van der Waals surface area contributed by atoms with Crippen molar-refractivity contribution in [2.45, 2.75) is 13.5 Å². The average molecular weight is 248 g/mol. The monoisotopic (exact) mass is 248 g/mol. The highest BCUT2D eigenvalue weighted by Gasteiger charge is 2.18. The lowest BCUT2D eigenvalue weighted by molar-refractivity contribution is 0.122. The SMILES string of the molecule is CCOCc1c(O)sc(O)c1OCCOC. The highest BCUT2D eigenvalue weighted by atomic mass is 32.1. The molecule has 0 saturated carbocycles. The Morgan fingerprint density at radius 1 is 1.19 bits per heavy atom. The van der Waals surface area contributed by atoms with Crippen molar-refractivity contribution in [1.29, 1.82) is 0 Å². The molecule has 0 aliphatic rings.